The summed E-state index contributed by atoms with van der Waals surface area (Å²) >= 11 is 0. The molecule has 5 heteroatoms. The van der Waals surface area contributed by atoms with Gasteiger partial charge in [-0.1, -0.05) is 18.2 Å². The fraction of sp³-hybridized carbons (Fsp3) is 0.357. The molecule has 1 aromatic rings. The third-order valence-electron chi connectivity index (χ3n) is 3.39. The summed E-state index contributed by atoms with van der Waals surface area (Å²) in [6.45, 7) is 0. The number of carbonyl (C=O) groups excluding carboxylic acids is 1. The predicted molar refractivity (Wildman–Crippen MR) is 70.6 cm³/mol. The topological polar surface area (TPSA) is 70.5 Å². The van der Waals surface area contributed by atoms with E-state index in [0.717, 1.165) is 0 Å². The molecule has 2 rings (SSSR count). The number of aliphatic carboxylic acids is 1. The van der Waals surface area contributed by atoms with Crippen molar-refractivity contribution in [2.75, 3.05) is 11.9 Å². The van der Waals surface area contributed by atoms with Gasteiger partial charge in [-0.15, -0.1) is 0 Å². The minimum atomic E-state index is -0.919. The first-order chi connectivity index (χ1) is 9.11. The van der Waals surface area contributed by atoms with Gasteiger partial charge in [0.25, 0.3) is 0 Å². The summed E-state index contributed by atoms with van der Waals surface area (Å²) in [6.07, 6.45) is 6.17. The van der Waals surface area contributed by atoms with Gasteiger partial charge in [0.1, 0.15) is 5.82 Å². The Labute approximate surface area is 111 Å². The van der Waals surface area contributed by atoms with E-state index in [2.05, 4.69) is 4.98 Å². The number of carboxylic acid groups (broad SMARTS) is 1. The van der Waals surface area contributed by atoms with Crippen LogP contribution in [-0.4, -0.2) is 29.0 Å². The largest absolute Gasteiger partial charge is 0.481 e. The van der Waals surface area contributed by atoms with Crippen LogP contribution in [0.15, 0.2) is 36.5 Å². The van der Waals surface area contributed by atoms with Gasteiger partial charge < -0.3 is 5.11 Å². The molecule has 0 saturated heterocycles. The SMILES string of the molecule is CN(C(=O)C1CC=CCC1C(=O)O)c1ccccn1. The Balaban J connectivity index is 2.18. The summed E-state index contributed by atoms with van der Waals surface area (Å²) in [5, 5.41) is 9.19. The summed E-state index contributed by atoms with van der Waals surface area (Å²) in [5.74, 6) is -1.75. The maximum absolute atomic E-state index is 12.4. The molecule has 19 heavy (non-hydrogen) atoms. The first-order valence-corrected chi connectivity index (χ1v) is 6.17. The van der Waals surface area contributed by atoms with E-state index in [1.165, 1.54) is 4.90 Å². The second-order valence-corrected chi connectivity index (χ2v) is 4.58. The van der Waals surface area contributed by atoms with Gasteiger partial charge in [0.05, 0.1) is 11.8 Å². The average molecular weight is 260 g/mol. The number of hydrogen-bond acceptors (Lipinski definition) is 3. The summed E-state index contributed by atoms with van der Waals surface area (Å²) in [5.41, 5.74) is 0. The second-order valence-electron chi connectivity index (χ2n) is 4.58. The van der Waals surface area contributed by atoms with E-state index in [1.54, 1.807) is 31.4 Å². The monoisotopic (exact) mass is 260 g/mol. The molecule has 1 aliphatic carbocycles. The molecule has 1 N–H and O–H groups in total. The third-order valence-corrected chi connectivity index (χ3v) is 3.39. The lowest BCUT2D eigenvalue weighted by Crippen LogP contribution is -2.40. The first kappa shape index (κ1) is 13.3. The van der Waals surface area contributed by atoms with Crippen molar-refractivity contribution in [1.82, 2.24) is 4.98 Å². The molecule has 1 aromatic heterocycles. The van der Waals surface area contributed by atoms with Gasteiger partial charge in [0.15, 0.2) is 0 Å². The van der Waals surface area contributed by atoms with Crippen molar-refractivity contribution in [1.29, 1.82) is 0 Å². The van der Waals surface area contributed by atoms with Gasteiger partial charge in [-0.2, -0.15) is 0 Å². The molecule has 0 fully saturated rings. The normalized spacial score (nSPS) is 21.9. The summed E-state index contributed by atoms with van der Waals surface area (Å²) in [7, 11) is 1.63. The quantitative estimate of drug-likeness (QED) is 0.840. The Kier molecular flexibility index (Phi) is 3.94. The molecule has 0 aromatic carbocycles. The van der Waals surface area contributed by atoms with Crippen LogP contribution in [0.4, 0.5) is 5.82 Å². The van der Waals surface area contributed by atoms with Gasteiger partial charge in [0.2, 0.25) is 5.91 Å². The van der Waals surface area contributed by atoms with Crippen LogP contribution in [0.25, 0.3) is 0 Å². The number of amides is 1. The number of anilines is 1. The number of carboxylic acids is 1. The lowest BCUT2D eigenvalue weighted by molar-refractivity contribution is -0.146. The number of nitrogens with zero attached hydrogens (tertiary/aromatic N) is 2. The molecule has 5 nitrogen and oxygen atoms in total. The lowest BCUT2D eigenvalue weighted by Gasteiger charge is -2.28. The zero-order valence-corrected chi connectivity index (χ0v) is 10.7. The van der Waals surface area contributed by atoms with Crippen LogP contribution in [0.1, 0.15) is 12.8 Å². The van der Waals surface area contributed by atoms with Crippen molar-refractivity contribution in [3.8, 4) is 0 Å². The molecule has 100 valence electrons. The molecule has 2 atom stereocenters. The van der Waals surface area contributed by atoms with Crippen LogP contribution >= 0.6 is 0 Å². The Hall–Kier alpha value is -2.17. The molecular formula is C14H16N2O3. The van der Waals surface area contributed by atoms with Crippen LogP contribution in [0.2, 0.25) is 0 Å². The summed E-state index contributed by atoms with van der Waals surface area (Å²) < 4.78 is 0. The lowest BCUT2D eigenvalue weighted by atomic mass is 9.82. The number of allylic oxidation sites excluding steroid dienone is 2. The molecule has 0 bridgehead atoms. The van der Waals surface area contributed by atoms with Gasteiger partial charge in [-0.3, -0.25) is 14.5 Å². The maximum atomic E-state index is 12.4. The number of pyridine rings is 1. The Bertz CT molecular complexity index is 499. The minimum absolute atomic E-state index is 0.199. The van der Waals surface area contributed by atoms with Crippen molar-refractivity contribution in [3.05, 3.63) is 36.5 Å². The molecule has 1 heterocycles. The number of rotatable bonds is 3. The van der Waals surface area contributed by atoms with E-state index in [-0.39, 0.29) is 5.91 Å². The van der Waals surface area contributed by atoms with Crippen molar-refractivity contribution in [2.45, 2.75) is 12.8 Å². The van der Waals surface area contributed by atoms with Gasteiger partial charge >= 0.3 is 5.97 Å². The fourth-order valence-electron chi connectivity index (χ4n) is 2.27. The van der Waals surface area contributed by atoms with E-state index in [9.17, 15) is 14.7 Å². The molecule has 0 saturated carbocycles. The number of carbonyl (C=O) groups is 2. The standard InChI is InChI=1S/C14H16N2O3/c1-16(12-8-4-5-9-15-12)13(17)10-6-2-3-7-11(10)14(18)19/h2-5,8-11H,6-7H2,1H3,(H,18,19). The van der Waals surface area contributed by atoms with E-state index in [1.807, 2.05) is 12.2 Å². The molecule has 0 aliphatic heterocycles. The Morgan fingerprint density at radius 2 is 1.95 bits per heavy atom. The highest BCUT2D eigenvalue weighted by Gasteiger charge is 2.35. The van der Waals surface area contributed by atoms with Crippen molar-refractivity contribution in [2.24, 2.45) is 11.8 Å². The first-order valence-electron chi connectivity index (χ1n) is 6.17. The number of hydrogen-bond donors (Lipinski definition) is 1. The molecule has 0 spiro atoms. The van der Waals surface area contributed by atoms with Crippen molar-refractivity contribution < 1.29 is 14.7 Å². The van der Waals surface area contributed by atoms with E-state index >= 15 is 0 Å². The highest BCUT2D eigenvalue weighted by Crippen LogP contribution is 2.28. The maximum Gasteiger partial charge on any atom is 0.307 e. The van der Waals surface area contributed by atoms with E-state index in [0.29, 0.717) is 18.7 Å². The van der Waals surface area contributed by atoms with Gasteiger partial charge in [-0.05, 0) is 25.0 Å². The molecule has 2 unspecified atom stereocenters. The fourth-order valence-corrected chi connectivity index (χ4v) is 2.27. The average Bonchev–Trinajstić information content (AvgIpc) is 2.46. The van der Waals surface area contributed by atoms with Crippen LogP contribution < -0.4 is 4.90 Å². The van der Waals surface area contributed by atoms with Crippen molar-refractivity contribution in [3.63, 3.8) is 0 Å². The molecule has 1 amide bonds. The highest BCUT2D eigenvalue weighted by molar-refractivity contribution is 5.96. The molecule has 0 radical (unpaired) electrons. The molecule has 1 aliphatic rings. The summed E-state index contributed by atoms with van der Waals surface area (Å²) in [6, 6.07) is 5.29. The van der Waals surface area contributed by atoms with Gasteiger partial charge in [0, 0.05) is 13.2 Å². The van der Waals surface area contributed by atoms with Crippen LogP contribution in [0.3, 0.4) is 0 Å². The zero-order chi connectivity index (χ0) is 13.8. The van der Waals surface area contributed by atoms with Crippen LogP contribution in [-0.2, 0) is 9.59 Å². The Morgan fingerprint density at radius 3 is 2.53 bits per heavy atom. The van der Waals surface area contributed by atoms with Crippen LogP contribution in [0, 0.1) is 11.8 Å². The smallest absolute Gasteiger partial charge is 0.307 e. The Morgan fingerprint density at radius 1 is 1.26 bits per heavy atom. The van der Waals surface area contributed by atoms with Crippen molar-refractivity contribution >= 4 is 17.7 Å². The number of aromatic nitrogens is 1. The van der Waals surface area contributed by atoms with Crippen LogP contribution in [0.5, 0.6) is 0 Å². The molecular weight excluding hydrogens is 244 g/mol. The van der Waals surface area contributed by atoms with E-state index < -0.39 is 17.8 Å². The third kappa shape index (κ3) is 2.81. The minimum Gasteiger partial charge on any atom is -0.481 e. The van der Waals surface area contributed by atoms with E-state index in [4.69, 9.17) is 0 Å². The highest BCUT2D eigenvalue weighted by atomic mass is 16.4. The zero-order valence-electron chi connectivity index (χ0n) is 10.7. The predicted octanol–water partition coefficient (Wildman–Crippen LogP) is 1.71. The second kappa shape index (κ2) is 5.65. The summed E-state index contributed by atoms with van der Waals surface area (Å²) in [4.78, 5) is 29.1. The van der Waals surface area contributed by atoms with Gasteiger partial charge in [-0.25, -0.2) is 4.98 Å².